The van der Waals surface area contributed by atoms with E-state index in [0.29, 0.717) is 0 Å². The van der Waals surface area contributed by atoms with E-state index >= 15 is 0 Å². The van der Waals surface area contributed by atoms with E-state index in [-0.39, 0.29) is 0 Å². The predicted octanol–water partition coefficient (Wildman–Crippen LogP) is 34.2. The van der Waals surface area contributed by atoms with Gasteiger partial charge in [0.1, 0.15) is 17.1 Å². The van der Waals surface area contributed by atoms with Crippen molar-refractivity contribution >= 4 is 121 Å². The minimum Gasteiger partial charge on any atom is -0.331 e. The first-order chi connectivity index (χ1) is 68.8. The molecule has 20 nitrogen and oxygen atoms in total. The lowest BCUT2D eigenvalue weighted by Crippen LogP contribution is -1.89. The molecule has 0 radical (unpaired) electrons. The third-order valence-corrected chi connectivity index (χ3v) is 20.3. The lowest BCUT2D eigenvalue weighted by molar-refractivity contribution is 0.886. The van der Waals surface area contributed by atoms with E-state index < -0.39 is 0 Å². The number of fused-ring (bicyclic) bond motifs is 17. The molecule has 20 heteroatoms. The van der Waals surface area contributed by atoms with Crippen molar-refractivity contribution in [1.29, 1.82) is 0 Å². The number of pyridine rings is 10. The highest BCUT2D eigenvalue weighted by atomic mass is 15.1. The lowest BCUT2D eigenvalue weighted by atomic mass is 10.1. The molecule has 17 aromatic heterocycles. The number of benzene rings is 5. The van der Waals surface area contributed by atoms with Crippen LogP contribution >= 0.6 is 0 Å². The second kappa shape index (κ2) is 70.1. The van der Waals surface area contributed by atoms with Crippen molar-refractivity contribution in [3.63, 3.8) is 0 Å². The number of hydrogen-bond acceptors (Lipinski definition) is 15. The number of hydrogen-bond donors (Lipinski definition) is 0. The molecule has 750 valence electrons. The van der Waals surface area contributed by atoms with E-state index in [1.807, 2.05) is 429 Å². The van der Waals surface area contributed by atoms with E-state index in [2.05, 4.69) is 214 Å². The SMILES string of the molecule is CC.CC.CC.CC.CC.CC.CC.CC.CC.CC.CC.CC.CC.Cc1cc2cccnc2c2ncccc12.Cc1ccc2ccc3cccnc3c2n1.Cc1ccnc2c1ccc1cccnc12.Cc1cnc2c(ccc3cccnc32)c1.Cc1nc2ccccc2n1C.Cc1nc2ccccn2c1C.Cc1nc2ccccn2c1C.Cc1nc2ncccn2c1C.Cc1nc2ncccn2c1C. The van der Waals surface area contributed by atoms with Gasteiger partial charge in [-0.3, -0.25) is 48.7 Å². The summed E-state index contributed by atoms with van der Waals surface area (Å²) in [5.74, 6) is 2.62. The predicted molar refractivity (Wildman–Crippen MR) is 614 cm³/mol. The highest BCUT2D eigenvalue weighted by molar-refractivity contribution is 6.06. The Morgan fingerprint density at radius 3 is 0.993 bits per heavy atom. The van der Waals surface area contributed by atoms with Gasteiger partial charge in [0.05, 0.1) is 77.9 Å². The van der Waals surface area contributed by atoms with Gasteiger partial charge in [-0.1, -0.05) is 277 Å². The van der Waals surface area contributed by atoms with Crippen molar-refractivity contribution in [3.8, 4) is 0 Å². The average molecular weight is 1900 g/mol. The van der Waals surface area contributed by atoms with Gasteiger partial charge >= 0.3 is 0 Å². The quantitative estimate of drug-likeness (QED) is 0.129. The fraction of sp³-hybridized carbons (Fsp3) is 0.331. The minimum absolute atomic E-state index is 0.780. The van der Waals surface area contributed by atoms with Gasteiger partial charge in [0.25, 0.3) is 0 Å². The van der Waals surface area contributed by atoms with Gasteiger partial charge in [0, 0.05) is 159 Å². The number of imidazole rings is 5. The molecular formula is C121H166N20. The summed E-state index contributed by atoms with van der Waals surface area (Å²) < 4.78 is 10.2. The Kier molecular flexibility index (Phi) is 61.9. The van der Waals surface area contributed by atoms with Crippen molar-refractivity contribution in [2.24, 2.45) is 7.05 Å². The van der Waals surface area contributed by atoms with Crippen LogP contribution in [0.5, 0.6) is 0 Å². The summed E-state index contributed by atoms with van der Waals surface area (Å²) in [7, 11) is 2.03. The van der Waals surface area contributed by atoms with Crippen LogP contribution in [0.3, 0.4) is 0 Å². The molecule has 0 saturated heterocycles. The average Bonchev–Trinajstić information content (AvgIpc) is 1.76. The number of aryl methyl sites for hydroxylation is 14. The Labute approximate surface area is 844 Å². The van der Waals surface area contributed by atoms with Crippen LogP contribution in [0, 0.1) is 90.0 Å². The van der Waals surface area contributed by atoms with Crippen LogP contribution in [0.25, 0.3) is 121 Å². The van der Waals surface area contributed by atoms with Crippen LogP contribution in [-0.4, -0.2) is 96.9 Å². The Balaban J connectivity index is 0.000000772. The molecule has 5 aromatic carbocycles. The zero-order valence-electron chi connectivity index (χ0n) is 93.0. The molecule has 0 N–H and O–H groups in total. The molecule has 17 heterocycles. The molecule has 0 aliphatic carbocycles. The molecule has 0 unspecified atom stereocenters. The van der Waals surface area contributed by atoms with Crippen molar-refractivity contribution in [3.05, 3.63) is 355 Å². The summed E-state index contributed by atoms with van der Waals surface area (Å²) in [6.45, 7) is 78.5. The first-order valence-corrected chi connectivity index (χ1v) is 51.0. The molecular weight excluding hydrogens is 1730 g/mol. The highest BCUT2D eigenvalue weighted by Gasteiger charge is 2.11. The maximum absolute atomic E-state index is 4.54. The fourth-order valence-electron chi connectivity index (χ4n) is 13.5. The zero-order chi connectivity index (χ0) is 106. The number of para-hydroxylation sites is 2. The summed E-state index contributed by atoms with van der Waals surface area (Å²) in [5, 5.41) is 9.24. The van der Waals surface area contributed by atoms with Crippen molar-refractivity contribution in [1.82, 2.24) is 96.9 Å². The van der Waals surface area contributed by atoms with Gasteiger partial charge in [-0.25, -0.2) is 34.9 Å². The maximum atomic E-state index is 4.54. The molecule has 0 spiro atoms. The topological polar surface area (TPSA) is 216 Å². The third-order valence-electron chi connectivity index (χ3n) is 20.3. The maximum Gasteiger partial charge on any atom is 0.234 e. The molecule has 22 aromatic rings. The van der Waals surface area contributed by atoms with E-state index in [1.54, 1.807) is 12.4 Å². The molecule has 0 fully saturated rings. The molecule has 0 atom stereocenters. The van der Waals surface area contributed by atoms with Crippen LogP contribution < -0.4 is 0 Å². The van der Waals surface area contributed by atoms with Crippen molar-refractivity contribution in [2.45, 2.75) is 270 Å². The van der Waals surface area contributed by atoms with Crippen LogP contribution in [0.2, 0.25) is 0 Å². The Bertz CT molecular complexity index is 6690. The van der Waals surface area contributed by atoms with E-state index in [1.165, 1.54) is 44.4 Å². The minimum atomic E-state index is 0.780. The van der Waals surface area contributed by atoms with Crippen molar-refractivity contribution < 1.29 is 0 Å². The van der Waals surface area contributed by atoms with E-state index in [4.69, 9.17) is 0 Å². The molecule has 0 amide bonds. The van der Waals surface area contributed by atoms with E-state index in [9.17, 15) is 0 Å². The second-order valence-corrected chi connectivity index (χ2v) is 28.0. The zero-order valence-corrected chi connectivity index (χ0v) is 93.0. The molecule has 0 saturated carbocycles. The smallest absolute Gasteiger partial charge is 0.234 e. The van der Waals surface area contributed by atoms with Crippen molar-refractivity contribution in [2.75, 3.05) is 0 Å². The Hall–Kier alpha value is -14.5. The molecule has 0 aliphatic heterocycles. The summed E-state index contributed by atoms with van der Waals surface area (Å²) in [6, 6.07) is 67.1. The number of rotatable bonds is 0. The van der Waals surface area contributed by atoms with Gasteiger partial charge in [-0.05, 0) is 210 Å². The number of aromatic nitrogens is 20. The Morgan fingerprint density at radius 1 is 0.220 bits per heavy atom. The molecule has 0 bridgehead atoms. The molecule has 141 heavy (non-hydrogen) atoms. The van der Waals surface area contributed by atoms with Gasteiger partial charge in [0.2, 0.25) is 11.6 Å². The van der Waals surface area contributed by atoms with Crippen LogP contribution in [-0.2, 0) is 7.05 Å². The van der Waals surface area contributed by atoms with Gasteiger partial charge in [-0.2, -0.15) is 0 Å². The summed E-state index contributed by atoms with van der Waals surface area (Å²) in [5.41, 5.74) is 26.0. The first kappa shape index (κ1) is 124. The van der Waals surface area contributed by atoms with Gasteiger partial charge in [0.15, 0.2) is 0 Å². The first-order valence-electron chi connectivity index (χ1n) is 51.0. The molecule has 22 rings (SSSR count). The van der Waals surface area contributed by atoms with Crippen LogP contribution in [0.4, 0.5) is 0 Å². The highest BCUT2D eigenvalue weighted by Crippen LogP contribution is 2.28. The number of nitrogens with zero attached hydrogens (tertiary/aromatic N) is 20. The van der Waals surface area contributed by atoms with Gasteiger partial charge < -0.3 is 13.4 Å². The fourth-order valence-corrected chi connectivity index (χ4v) is 13.5. The van der Waals surface area contributed by atoms with E-state index in [0.717, 1.165) is 150 Å². The van der Waals surface area contributed by atoms with Gasteiger partial charge in [-0.15, -0.1) is 0 Å². The van der Waals surface area contributed by atoms with Crippen LogP contribution in [0.1, 0.15) is 254 Å². The lowest BCUT2D eigenvalue weighted by Gasteiger charge is -2.04. The Morgan fingerprint density at radius 2 is 0.546 bits per heavy atom. The van der Waals surface area contributed by atoms with Crippen LogP contribution in [0.15, 0.2) is 281 Å². The summed E-state index contributed by atoms with van der Waals surface area (Å²) >= 11 is 0. The monoisotopic (exact) mass is 1900 g/mol. The third kappa shape index (κ3) is 34.8. The second-order valence-electron chi connectivity index (χ2n) is 28.0. The normalized spacial score (nSPS) is 9.42. The summed E-state index contributed by atoms with van der Waals surface area (Å²) in [4.78, 5) is 65.2. The largest absolute Gasteiger partial charge is 0.331 e. The standard InChI is InChI=1S/4C13H10N2.3C9H10N2.2C8H9N3.13C2H6/c1-9-8-10-4-2-6-14-12(10)13-11(9)5-3-7-15-13;1-9-4-5-11-7-6-10-3-2-8-14-12(10)13(11)15-9;1-9-6-8-15-13-11(9)5-4-10-3-2-7-14-12(10)13;1-9-7-11-5-4-10-3-2-6-14-12(10)13(11)15-8-9;1-7-10-8-5-3-4-6-9(8)11(7)2;2*1-7-8(2)11-6-4-3-5-9(11)10-7;2*1-6-7(2)11-5-3-4-9-8(11)10-6;13*1-2/h4*2-8H,1H3;3*3-6H,1-2H3;2*3-5H,1-2H3;13*1-2H3. The summed E-state index contributed by atoms with van der Waals surface area (Å²) in [6.07, 6.45) is 24.3. The molecule has 0 aliphatic rings.